The number of aliphatic carboxylic acids is 1. The number of unbranched alkanes of at least 4 members (excludes halogenated alkanes) is 3. The number of ether oxygens (including phenoxy) is 1. The Balaban J connectivity index is 2.62. The average molecular weight is 371 g/mol. The molecule has 0 spiro atoms. The summed E-state index contributed by atoms with van der Waals surface area (Å²) >= 11 is 0. The van der Waals surface area contributed by atoms with E-state index in [1.54, 1.807) is 12.1 Å². The Morgan fingerprint density at radius 2 is 1.88 bits per heavy atom. The average Bonchev–Trinajstić information content (AvgIpc) is 2.55. The molecular weight excluding hydrogens is 345 g/mol. The van der Waals surface area contributed by atoms with Crippen LogP contribution in [0.5, 0.6) is 0 Å². The normalized spacial score (nSPS) is 14.3. The molecule has 25 heavy (non-hydrogen) atoms. The summed E-state index contributed by atoms with van der Waals surface area (Å²) in [5.41, 5.74) is 0.787. The molecular formula is C17H26NO6P. The van der Waals surface area contributed by atoms with Gasteiger partial charge in [0.15, 0.2) is 0 Å². The van der Waals surface area contributed by atoms with Crippen molar-refractivity contribution in [3.05, 3.63) is 35.9 Å². The zero-order valence-corrected chi connectivity index (χ0v) is 15.3. The molecule has 140 valence electrons. The summed E-state index contributed by atoms with van der Waals surface area (Å²) in [7, 11) is -4.07. The lowest BCUT2D eigenvalue weighted by molar-refractivity contribution is -0.134. The second-order valence-corrected chi connectivity index (χ2v) is 8.33. The molecule has 0 fully saturated rings. The SMILES string of the molecule is CCCCCCC(NC(=O)OCc1ccccc1)P(=O)(O)CC(=O)O. The second kappa shape index (κ2) is 10.9. The van der Waals surface area contributed by atoms with Crippen LogP contribution in [0.4, 0.5) is 4.79 Å². The van der Waals surface area contributed by atoms with Gasteiger partial charge in [0.1, 0.15) is 18.6 Å². The molecule has 3 N–H and O–H groups in total. The monoisotopic (exact) mass is 371 g/mol. The van der Waals surface area contributed by atoms with Crippen LogP contribution in [0.1, 0.15) is 44.6 Å². The van der Waals surface area contributed by atoms with Crippen molar-refractivity contribution in [2.75, 3.05) is 6.16 Å². The highest BCUT2D eigenvalue weighted by atomic mass is 31.2. The molecule has 8 heteroatoms. The van der Waals surface area contributed by atoms with Crippen LogP contribution in [0.2, 0.25) is 0 Å². The molecule has 0 aliphatic carbocycles. The maximum absolute atomic E-state index is 12.3. The Hall–Kier alpha value is -1.85. The van der Waals surface area contributed by atoms with Gasteiger partial charge >= 0.3 is 12.1 Å². The molecule has 7 nitrogen and oxygen atoms in total. The Labute approximate surface area is 147 Å². The molecule has 2 atom stereocenters. The van der Waals surface area contributed by atoms with E-state index in [2.05, 4.69) is 5.32 Å². The van der Waals surface area contributed by atoms with Crippen LogP contribution in [-0.4, -0.2) is 34.0 Å². The number of carbonyl (C=O) groups is 2. The predicted molar refractivity (Wildman–Crippen MR) is 94.6 cm³/mol. The van der Waals surface area contributed by atoms with E-state index in [1.165, 1.54) is 0 Å². The lowest BCUT2D eigenvalue weighted by Gasteiger charge is -2.23. The Morgan fingerprint density at radius 3 is 2.48 bits per heavy atom. The summed E-state index contributed by atoms with van der Waals surface area (Å²) in [5, 5.41) is 11.2. The maximum atomic E-state index is 12.3. The molecule has 1 rings (SSSR count). The number of hydrogen-bond donors (Lipinski definition) is 3. The quantitative estimate of drug-likeness (QED) is 0.405. The molecule has 1 amide bonds. The van der Waals surface area contributed by atoms with Gasteiger partial charge in [0.05, 0.1) is 0 Å². The zero-order valence-electron chi connectivity index (χ0n) is 14.4. The van der Waals surface area contributed by atoms with Gasteiger partial charge in [-0.3, -0.25) is 9.36 Å². The predicted octanol–water partition coefficient (Wildman–Crippen LogP) is 3.56. The van der Waals surface area contributed by atoms with Crippen LogP contribution >= 0.6 is 7.37 Å². The Kier molecular flexibility index (Phi) is 9.24. The summed E-state index contributed by atoms with van der Waals surface area (Å²) in [4.78, 5) is 32.8. The molecule has 1 aromatic carbocycles. The van der Waals surface area contributed by atoms with E-state index in [1.807, 2.05) is 25.1 Å². The second-order valence-electron chi connectivity index (χ2n) is 5.88. The molecule has 0 saturated heterocycles. The van der Waals surface area contributed by atoms with E-state index in [-0.39, 0.29) is 13.0 Å². The van der Waals surface area contributed by atoms with Gasteiger partial charge in [-0.25, -0.2) is 4.79 Å². The fourth-order valence-corrected chi connectivity index (χ4v) is 3.85. The van der Waals surface area contributed by atoms with Crippen LogP contribution in [0.15, 0.2) is 30.3 Å². The molecule has 0 aliphatic rings. The molecule has 0 aliphatic heterocycles. The van der Waals surface area contributed by atoms with Gasteiger partial charge in [0.2, 0.25) is 7.37 Å². The van der Waals surface area contributed by atoms with Crippen molar-refractivity contribution in [2.24, 2.45) is 0 Å². The number of rotatable bonds is 11. The highest BCUT2D eigenvalue weighted by molar-refractivity contribution is 7.59. The van der Waals surface area contributed by atoms with E-state index in [4.69, 9.17) is 9.84 Å². The first-order chi connectivity index (χ1) is 11.8. The number of alkyl carbamates (subject to hydrolysis) is 1. The number of carboxylic acid groups (broad SMARTS) is 1. The number of carbonyl (C=O) groups excluding carboxylic acids is 1. The third-order valence-corrected chi connectivity index (χ3v) is 5.76. The molecule has 0 saturated carbocycles. The van der Waals surface area contributed by atoms with Crippen molar-refractivity contribution in [2.45, 2.75) is 51.4 Å². The number of carboxylic acids is 1. The first kappa shape index (κ1) is 21.2. The van der Waals surface area contributed by atoms with E-state index < -0.39 is 31.4 Å². The molecule has 1 aromatic rings. The van der Waals surface area contributed by atoms with Crippen LogP contribution in [-0.2, 0) is 20.7 Å². The molecule has 2 unspecified atom stereocenters. The Bertz CT molecular complexity index is 592. The minimum atomic E-state index is -4.07. The molecule has 0 radical (unpaired) electrons. The number of hydrogen-bond acceptors (Lipinski definition) is 4. The van der Waals surface area contributed by atoms with Gasteiger partial charge in [-0.05, 0) is 12.0 Å². The zero-order chi connectivity index (χ0) is 18.7. The van der Waals surface area contributed by atoms with Crippen molar-refractivity contribution in [3.8, 4) is 0 Å². The summed E-state index contributed by atoms with van der Waals surface area (Å²) in [5.74, 6) is -2.49. The third kappa shape index (κ3) is 8.70. The highest BCUT2D eigenvalue weighted by Crippen LogP contribution is 2.46. The largest absolute Gasteiger partial charge is 0.481 e. The van der Waals surface area contributed by atoms with Crippen molar-refractivity contribution >= 4 is 19.4 Å². The van der Waals surface area contributed by atoms with Gasteiger partial charge in [-0.15, -0.1) is 0 Å². The van der Waals surface area contributed by atoms with Crippen LogP contribution < -0.4 is 5.32 Å². The van der Waals surface area contributed by atoms with Gasteiger partial charge in [0, 0.05) is 0 Å². The van der Waals surface area contributed by atoms with Crippen molar-refractivity contribution in [1.29, 1.82) is 0 Å². The summed E-state index contributed by atoms with van der Waals surface area (Å²) in [6, 6.07) is 9.03. The summed E-state index contributed by atoms with van der Waals surface area (Å²) in [6.45, 7) is 2.07. The Morgan fingerprint density at radius 1 is 1.20 bits per heavy atom. The third-order valence-electron chi connectivity index (χ3n) is 3.68. The summed E-state index contributed by atoms with van der Waals surface area (Å²) in [6.07, 6.45) is 1.97. The van der Waals surface area contributed by atoms with Crippen molar-refractivity contribution < 1.29 is 28.9 Å². The molecule has 0 heterocycles. The standard InChI is InChI=1S/C17H26NO6P/c1-2-3-4-8-11-15(25(22,23)13-16(19)20)18-17(21)24-12-14-9-6-5-7-10-14/h5-7,9-10,15H,2-4,8,11-13H2,1H3,(H,18,21)(H,19,20)(H,22,23). The number of nitrogens with one attached hydrogen (secondary N) is 1. The fourth-order valence-electron chi connectivity index (χ4n) is 2.34. The fraction of sp³-hybridized carbons (Fsp3) is 0.529. The van der Waals surface area contributed by atoms with Gasteiger partial charge in [-0.2, -0.15) is 0 Å². The van der Waals surface area contributed by atoms with Crippen LogP contribution in [0.3, 0.4) is 0 Å². The molecule has 0 aromatic heterocycles. The van der Waals surface area contributed by atoms with Crippen molar-refractivity contribution in [1.82, 2.24) is 5.32 Å². The smallest absolute Gasteiger partial charge is 0.408 e. The van der Waals surface area contributed by atoms with Gasteiger partial charge < -0.3 is 20.1 Å². The summed E-state index contributed by atoms with van der Waals surface area (Å²) < 4.78 is 17.4. The van der Waals surface area contributed by atoms with Crippen LogP contribution in [0.25, 0.3) is 0 Å². The highest BCUT2D eigenvalue weighted by Gasteiger charge is 2.34. The first-order valence-corrected chi connectivity index (χ1v) is 10.3. The van der Waals surface area contributed by atoms with E-state index in [0.29, 0.717) is 6.42 Å². The number of amides is 1. The number of benzene rings is 1. The van der Waals surface area contributed by atoms with Crippen molar-refractivity contribution in [3.63, 3.8) is 0 Å². The lowest BCUT2D eigenvalue weighted by Crippen LogP contribution is -2.36. The van der Waals surface area contributed by atoms with E-state index in [9.17, 15) is 19.0 Å². The topological polar surface area (TPSA) is 113 Å². The molecule has 0 bridgehead atoms. The minimum absolute atomic E-state index is 0.0316. The maximum Gasteiger partial charge on any atom is 0.408 e. The van der Waals surface area contributed by atoms with E-state index >= 15 is 0 Å². The van der Waals surface area contributed by atoms with Crippen LogP contribution in [0, 0.1) is 0 Å². The lowest BCUT2D eigenvalue weighted by atomic mass is 10.1. The van der Waals surface area contributed by atoms with E-state index in [0.717, 1.165) is 24.8 Å². The first-order valence-electron chi connectivity index (χ1n) is 8.35. The van der Waals surface area contributed by atoms with Gasteiger partial charge in [-0.1, -0.05) is 62.9 Å². The minimum Gasteiger partial charge on any atom is -0.481 e. The van der Waals surface area contributed by atoms with Gasteiger partial charge in [0.25, 0.3) is 0 Å².